The Hall–Kier alpha value is -3.57. The van der Waals surface area contributed by atoms with Crippen molar-refractivity contribution in [3.8, 4) is 11.6 Å². The van der Waals surface area contributed by atoms with Crippen LogP contribution in [-0.2, 0) is 4.79 Å². The van der Waals surface area contributed by atoms with Gasteiger partial charge in [-0.25, -0.2) is 9.37 Å². The predicted molar refractivity (Wildman–Crippen MR) is 133 cm³/mol. The van der Waals surface area contributed by atoms with E-state index in [0.29, 0.717) is 49.1 Å². The zero-order valence-electron chi connectivity index (χ0n) is 21.3. The number of ether oxygens (including phenoxy) is 2. The molecule has 1 aromatic heterocycles. The van der Waals surface area contributed by atoms with Crippen LogP contribution in [0.3, 0.4) is 0 Å². The lowest BCUT2D eigenvalue weighted by atomic mass is 9.94. The van der Waals surface area contributed by atoms with Gasteiger partial charge < -0.3 is 19.5 Å². The topological polar surface area (TPSA) is 87.5 Å². The van der Waals surface area contributed by atoms with Crippen molar-refractivity contribution in [1.29, 1.82) is 0 Å². The van der Waals surface area contributed by atoms with Crippen LogP contribution in [0.25, 0.3) is 0 Å². The maximum atomic E-state index is 14.4. The van der Waals surface area contributed by atoms with Gasteiger partial charge in [-0.1, -0.05) is 13.8 Å². The van der Waals surface area contributed by atoms with Crippen LogP contribution < -0.4 is 19.4 Å². The molecule has 0 aliphatic carbocycles. The van der Waals surface area contributed by atoms with Gasteiger partial charge in [0.05, 0.1) is 36.6 Å². The van der Waals surface area contributed by atoms with Gasteiger partial charge in [-0.15, -0.1) is 0 Å². The third-order valence-electron chi connectivity index (χ3n) is 6.87. The highest BCUT2D eigenvalue weighted by Gasteiger charge is 2.48. The van der Waals surface area contributed by atoms with Crippen LogP contribution in [0, 0.1) is 17.7 Å². The molecule has 4 atom stereocenters. The van der Waals surface area contributed by atoms with Crippen molar-refractivity contribution in [2.24, 2.45) is 16.9 Å². The second-order valence-electron chi connectivity index (χ2n) is 9.55. The Morgan fingerprint density at radius 2 is 1.92 bits per heavy atom. The number of piperidine rings is 1. The Morgan fingerprint density at radius 1 is 1.21 bits per heavy atom. The number of aliphatic carboxylic acids is 1. The molecule has 0 radical (unpaired) electrons. The van der Waals surface area contributed by atoms with Gasteiger partial charge in [-0.3, -0.25) is 9.80 Å². The van der Waals surface area contributed by atoms with E-state index in [1.165, 1.54) is 6.92 Å². The average molecular weight is 539 g/mol. The van der Waals surface area contributed by atoms with Crippen LogP contribution >= 0.6 is 0 Å². The van der Waals surface area contributed by atoms with Gasteiger partial charge in [0.1, 0.15) is 17.6 Å². The van der Waals surface area contributed by atoms with E-state index in [4.69, 9.17) is 9.47 Å². The second kappa shape index (κ2) is 11.0. The molecule has 0 amide bonds. The minimum atomic E-state index is -4.65. The van der Waals surface area contributed by atoms with Crippen molar-refractivity contribution in [3.05, 3.63) is 42.3 Å². The van der Waals surface area contributed by atoms with Crippen LogP contribution in [-0.4, -0.2) is 59.8 Å². The summed E-state index contributed by atoms with van der Waals surface area (Å²) in [5, 5.41) is 14.1. The molecular formula is C26H30F4N4O4. The summed E-state index contributed by atoms with van der Waals surface area (Å²) < 4.78 is 66.3. The van der Waals surface area contributed by atoms with Gasteiger partial charge in [-0.2, -0.15) is 18.3 Å². The van der Waals surface area contributed by atoms with Gasteiger partial charge in [0.15, 0.2) is 5.82 Å². The molecule has 1 saturated heterocycles. The molecule has 3 heterocycles. The molecule has 2 aliphatic rings. The van der Waals surface area contributed by atoms with Gasteiger partial charge in [-0.05, 0) is 31.2 Å². The summed E-state index contributed by atoms with van der Waals surface area (Å²) in [7, 11) is 0. The van der Waals surface area contributed by atoms with E-state index in [1.54, 1.807) is 30.3 Å². The first-order valence-electron chi connectivity index (χ1n) is 12.4. The van der Waals surface area contributed by atoms with E-state index in [0.717, 1.165) is 11.2 Å². The number of carbonyl (C=O) groups is 1. The Morgan fingerprint density at radius 3 is 2.53 bits per heavy atom. The van der Waals surface area contributed by atoms with Crippen LogP contribution in [0.1, 0.15) is 33.6 Å². The fourth-order valence-electron chi connectivity index (χ4n) is 4.93. The molecule has 1 aromatic carbocycles. The summed E-state index contributed by atoms with van der Waals surface area (Å²) in [4.78, 5) is 17.2. The number of aromatic nitrogens is 1. The number of nitrogens with zero attached hydrogens (tertiary/aromatic N) is 4. The van der Waals surface area contributed by atoms with E-state index in [2.05, 4.69) is 10.1 Å². The molecule has 38 heavy (non-hydrogen) atoms. The number of hydrogen-bond acceptors (Lipinski definition) is 7. The lowest BCUT2D eigenvalue weighted by Gasteiger charge is -2.38. The molecule has 2 aliphatic heterocycles. The number of alkyl halides is 3. The Bertz CT molecular complexity index is 1170. The van der Waals surface area contributed by atoms with Gasteiger partial charge >= 0.3 is 12.1 Å². The number of carboxylic acids is 1. The van der Waals surface area contributed by atoms with Crippen molar-refractivity contribution in [2.45, 2.75) is 51.9 Å². The first-order chi connectivity index (χ1) is 18.0. The van der Waals surface area contributed by atoms with E-state index in [9.17, 15) is 27.5 Å². The Balaban J connectivity index is 1.43. The standard InChI is InChI=1S/C26H30F4N4O4/c1-4-37-23-11-21(19(27)13-31-23)33-10-9-22(15(2)14-33)38-18-7-5-17(6-8-18)34-20(12-24(35)36)16(3)25(32-34)26(28,29)30/h5-8,11,13,15-16,20,22H,4,9-10,12,14H2,1-3H3,(H,35,36)/t15-,16+,20+,22+/m1/s1. The average Bonchev–Trinajstić information content (AvgIpc) is 3.18. The Kier molecular flexibility index (Phi) is 7.98. The van der Waals surface area contributed by atoms with Crippen molar-refractivity contribution in [2.75, 3.05) is 29.6 Å². The summed E-state index contributed by atoms with van der Waals surface area (Å²) in [6, 6.07) is 7.04. The van der Waals surface area contributed by atoms with E-state index < -0.39 is 42.1 Å². The summed E-state index contributed by atoms with van der Waals surface area (Å²) in [6.07, 6.45) is -3.52. The number of carboxylic acid groups (broad SMARTS) is 1. The Labute approximate surface area is 217 Å². The van der Waals surface area contributed by atoms with Crippen molar-refractivity contribution in [1.82, 2.24) is 4.98 Å². The van der Waals surface area contributed by atoms with Crippen molar-refractivity contribution >= 4 is 23.1 Å². The summed E-state index contributed by atoms with van der Waals surface area (Å²) in [5.74, 6) is -1.79. The number of halogens is 4. The molecular weight excluding hydrogens is 508 g/mol. The van der Waals surface area contributed by atoms with E-state index in [1.807, 2.05) is 18.7 Å². The fraction of sp³-hybridized carbons (Fsp3) is 0.500. The number of hydrogen-bond donors (Lipinski definition) is 1. The number of rotatable bonds is 8. The molecule has 0 saturated carbocycles. The molecule has 206 valence electrons. The third kappa shape index (κ3) is 5.94. The highest BCUT2D eigenvalue weighted by Crippen LogP contribution is 2.37. The second-order valence-corrected chi connectivity index (χ2v) is 9.55. The van der Waals surface area contributed by atoms with Gasteiger partial charge in [0, 0.05) is 37.4 Å². The number of benzene rings is 1. The normalized spacial score (nSPS) is 23.8. The van der Waals surface area contributed by atoms with Crippen LogP contribution in [0.15, 0.2) is 41.6 Å². The zero-order valence-corrected chi connectivity index (χ0v) is 21.3. The lowest BCUT2D eigenvalue weighted by molar-refractivity contribution is -0.137. The SMILES string of the molecule is CCOc1cc(N2CC[C@H](Oc3ccc(N4N=C(C(F)(F)F)[C@@H](C)[C@@H]4CC(=O)O)cc3)[C@H](C)C2)c(F)cn1. The molecule has 2 aromatic rings. The van der Waals surface area contributed by atoms with E-state index >= 15 is 0 Å². The molecule has 1 fully saturated rings. The maximum absolute atomic E-state index is 14.4. The van der Waals surface area contributed by atoms with Gasteiger partial charge in [0.2, 0.25) is 5.88 Å². The molecule has 1 N–H and O–H groups in total. The number of pyridine rings is 1. The van der Waals surface area contributed by atoms with E-state index in [-0.39, 0.29) is 12.0 Å². The molecule has 0 bridgehead atoms. The molecule has 8 nitrogen and oxygen atoms in total. The molecule has 12 heteroatoms. The summed E-state index contributed by atoms with van der Waals surface area (Å²) in [5.41, 5.74) is -0.229. The van der Waals surface area contributed by atoms with Gasteiger partial charge in [0.25, 0.3) is 0 Å². The highest BCUT2D eigenvalue weighted by molar-refractivity contribution is 5.95. The van der Waals surface area contributed by atoms with Crippen molar-refractivity contribution < 1.29 is 36.9 Å². The number of hydrazone groups is 1. The highest BCUT2D eigenvalue weighted by atomic mass is 19.4. The lowest BCUT2D eigenvalue weighted by Crippen LogP contribution is -2.44. The minimum Gasteiger partial charge on any atom is -0.490 e. The summed E-state index contributed by atoms with van der Waals surface area (Å²) >= 11 is 0. The van der Waals surface area contributed by atoms with Crippen LogP contribution in [0.4, 0.5) is 28.9 Å². The quantitative estimate of drug-likeness (QED) is 0.466. The minimum absolute atomic E-state index is 0.0462. The fourth-order valence-corrected chi connectivity index (χ4v) is 4.93. The molecule has 0 unspecified atom stereocenters. The maximum Gasteiger partial charge on any atom is 0.431 e. The monoisotopic (exact) mass is 538 g/mol. The zero-order chi connectivity index (χ0) is 27.6. The molecule has 4 rings (SSSR count). The smallest absolute Gasteiger partial charge is 0.431 e. The largest absolute Gasteiger partial charge is 0.490 e. The number of anilines is 2. The van der Waals surface area contributed by atoms with Crippen LogP contribution in [0.2, 0.25) is 0 Å². The van der Waals surface area contributed by atoms with Crippen molar-refractivity contribution in [3.63, 3.8) is 0 Å². The third-order valence-corrected chi connectivity index (χ3v) is 6.87. The first-order valence-corrected chi connectivity index (χ1v) is 12.4. The summed E-state index contributed by atoms with van der Waals surface area (Å²) in [6.45, 7) is 6.69. The molecule has 0 spiro atoms. The predicted octanol–water partition coefficient (Wildman–Crippen LogP) is 5.13. The van der Waals surface area contributed by atoms with Crippen LogP contribution in [0.5, 0.6) is 11.6 Å². The first kappa shape index (κ1) is 27.5.